The van der Waals surface area contributed by atoms with Crippen LogP contribution in [-0.2, 0) is 0 Å². The third kappa shape index (κ3) is 2.59. The molecule has 3 saturated heterocycles. The predicted octanol–water partition coefficient (Wildman–Crippen LogP) is 3.52. The minimum atomic E-state index is 0.463. The van der Waals surface area contributed by atoms with Crippen molar-refractivity contribution in [1.82, 2.24) is 19.9 Å². The topological polar surface area (TPSA) is 56.8 Å². The molecule has 3 aliphatic heterocycles. The van der Waals surface area contributed by atoms with Crippen LogP contribution in [0.1, 0.15) is 19.8 Å². The maximum absolute atomic E-state index is 4.59. The molecule has 25 heavy (non-hydrogen) atoms. The number of piperidine rings is 3. The molecule has 5 heteroatoms. The predicted molar refractivity (Wildman–Crippen MR) is 100 cm³/mol. The van der Waals surface area contributed by atoms with Crippen molar-refractivity contribution in [2.45, 2.75) is 31.8 Å². The van der Waals surface area contributed by atoms with E-state index in [1.165, 1.54) is 31.3 Å². The summed E-state index contributed by atoms with van der Waals surface area (Å²) < 4.78 is 0. The van der Waals surface area contributed by atoms with Crippen LogP contribution in [0.5, 0.6) is 0 Å². The Bertz CT molecular complexity index is 874. The molecule has 0 aliphatic carbocycles. The van der Waals surface area contributed by atoms with Crippen LogP contribution in [0.25, 0.3) is 22.0 Å². The van der Waals surface area contributed by atoms with Gasteiger partial charge in [0.2, 0.25) is 5.95 Å². The number of hydrogen-bond donors (Lipinski definition) is 2. The van der Waals surface area contributed by atoms with E-state index >= 15 is 0 Å². The van der Waals surface area contributed by atoms with Crippen LogP contribution in [0.3, 0.4) is 0 Å². The molecule has 2 aromatic heterocycles. The van der Waals surface area contributed by atoms with Gasteiger partial charge in [0.1, 0.15) is 0 Å². The second kappa shape index (κ2) is 5.85. The van der Waals surface area contributed by atoms with Crippen molar-refractivity contribution in [1.29, 1.82) is 0 Å². The molecule has 6 rings (SSSR count). The van der Waals surface area contributed by atoms with Crippen LogP contribution in [0.15, 0.2) is 42.9 Å². The molecule has 0 amide bonds. The minimum Gasteiger partial charge on any atom is -0.361 e. The van der Waals surface area contributed by atoms with Crippen LogP contribution in [0.2, 0.25) is 0 Å². The zero-order chi connectivity index (χ0) is 16.8. The first kappa shape index (κ1) is 14.9. The van der Waals surface area contributed by atoms with Gasteiger partial charge in [0.05, 0.1) is 0 Å². The average Bonchev–Trinajstić information content (AvgIpc) is 3.13. The first-order valence-corrected chi connectivity index (χ1v) is 9.18. The van der Waals surface area contributed by atoms with Crippen LogP contribution < -0.4 is 5.32 Å². The Morgan fingerprint density at radius 2 is 1.88 bits per heavy atom. The van der Waals surface area contributed by atoms with E-state index in [4.69, 9.17) is 0 Å². The normalized spacial score (nSPS) is 28.4. The molecular weight excluding hydrogens is 310 g/mol. The van der Waals surface area contributed by atoms with Gasteiger partial charge >= 0.3 is 0 Å². The second-order valence-electron chi connectivity index (χ2n) is 7.36. The molecular formula is C20H23N5. The highest BCUT2D eigenvalue weighted by molar-refractivity contribution is 5.84. The number of nitrogens with zero attached hydrogens (tertiary/aromatic N) is 3. The molecule has 3 fully saturated rings. The fourth-order valence-corrected chi connectivity index (χ4v) is 4.48. The lowest BCUT2D eigenvalue weighted by Gasteiger charge is -2.49. The standard InChI is InChI=1S/C20H23N5/c1-13-19(14-5-8-25(13)9-6-14)24-20-22-11-17(12-23-20)15-2-3-18-16(10-15)4-7-21-18/h2-4,7,10-14,19,21H,5-6,8-9H2,1H3,(H,22,23,24). The summed E-state index contributed by atoms with van der Waals surface area (Å²) in [6, 6.07) is 9.50. The van der Waals surface area contributed by atoms with Gasteiger partial charge in [0.15, 0.2) is 0 Å². The number of H-pyrrole nitrogens is 1. The molecule has 0 spiro atoms. The van der Waals surface area contributed by atoms with Crippen molar-refractivity contribution in [3.8, 4) is 11.1 Å². The third-order valence-corrected chi connectivity index (χ3v) is 6.01. The molecule has 1 aromatic carbocycles. The molecule has 5 heterocycles. The number of nitrogens with one attached hydrogen (secondary N) is 2. The number of hydrogen-bond acceptors (Lipinski definition) is 4. The summed E-state index contributed by atoms with van der Waals surface area (Å²) in [7, 11) is 0. The monoisotopic (exact) mass is 333 g/mol. The van der Waals surface area contributed by atoms with Crippen molar-refractivity contribution in [3.05, 3.63) is 42.9 Å². The molecule has 2 unspecified atom stereocenters. The molecule has 0 radical (unpaired) electrons. The Morgan fingerprint density at radius 1 is 1.08 bits per heavy atom. The second-order valence-corrected chi connectivity index (χ2v) is 7.36. The highest BCUT2D eigenvalue weighted by Gasteiger charge is 2.39. The van der Waals surface area contributed by atoms with Gasteiger partial charge in [-0.1, -0.05) is 6.07 Å². The highest BCUT2D eigenvalue weighted by atomic mass is 15.2. The molecule has 128 valence electrons. The lowest BCUT2D eigenvalue weighted by atomic mass is 9.79. The van der Waals surface area contributed by atoms with Crippen molar-refractivity contribution in [2.75, 3.05) is 18.4 Å². The molecule has 2 bridgehead atoms. The van der Waals surface area contributed by atoms with Crippen molar-refractivity contribution in [3.63, 3.8) is 0 Å². The van der Waals surface area contributed by atoms with Gasteiger partial charge in [-0.2, -0.15) is 0 Å². The quantitative estimate of drug-likeness (QED) is 0.770. The van der Waals surface area contributed by atoms with Gasteiger partial charge in [-0.15, -0.1) is 0 Å². The lowest BCUT2D eigenvalue weighted by Crippen LogP contribution is -2.59. The van der Waals surface area contributed by atoms with Crippen molar-refractivity contribution < 1.29 is 0 Å². The fourth-order valence-electron chi connectivity index (χ4n) is 4.48. The van der Waals surface area contributed by atoms with E-state index < -0.39 is 0 Å². The maximum Gasteiger partial charge on any atom is 0.222 e. The zero-order valence-corrected chi connectivity index (χ0v) is 14.4. The Morgan fingerprint density at radius 3 is 2.64 bits per heavy atom. The van der Waals surface area contributed by atoms with Crippen LogP contribution >= 0.6 is 0 Å². The van der Waals surface area contributed by atoms with Crippen LogP contribution in [-0.4, -0.2) is 45.0 Å². The van der Waals surface area contributed by atoms with Crippen molar-refractivity contribution >= 4 is 16.9 Å². The molecule has 2 atom stereocenters. The van der Waals surface area contributed by atoms with Gasteiger partial charge in [0.25, 0.3) is 0 Å². The maximum atomic E-state index is 4.59. The average molecular weight is 333 g/mol. The summed E-state index contributed by atoms with van der Waals surface area (Å²) in [5.41, 5.74) is 3.35. The summed E-state index contributed by atoms with van der Waals surface area (Å²) in [4.78, 5) is 15.0. The molecule has 0 saturated carbocycles. The van der Waals surface area contributed by atoms with E-state index in [9.17, 15) is 0 Å². The third-order valence-electron chi connectivity index (χ3n) is 6.01. The minimum absolute atomic E-state index is 0.463. The van der Waals surface area contributed by atoms with E-state index in [1.807, 2.05) is 18.6 Å². The summed E-state index contributed by atoms with van der Waals surface area (Å²) in [6.07, 6.45) is 8.39. The number of aromatic nitrogens is 3. The van der Waals surface area contributed by atoms with E-state index in [1.54, 1.807) is 0 Å². The number of anilines is 1. The largest absolute Gasteiger partial charge is 0.361 e. The molecule has 5 nitrogen and oxygen atoms in total. The molecule has 3 aromatic rings. The Hall–Kier alpha value is -2.40. The van der Waals surface area contributed by atoms with E-state index in [2.05, 4.69) is 56.4 Å². The van der Waals surface area contributed by atoms with Gasteiger partial charge in [0, 0.05) is 41.8 Å². The van der Waals surface area contributed by atoms with Crippen LogP contribution in [0.4, 0.5) is 5.95 Å². The molecule has 2 N–H and O–H groups in total. The van der Waals surface area contributed by atoms with Gasteiger partial charge in [-0.3, -0.25) is 4.90 Å². The molecule has 3 aliphatic rings. The van der Waals surface area contributed by atoms with E-state index in [0.717, 1.165) is 28.5 Å². The Labute approximate surface area is 147 Å². The van der Waals surface area contributed by atoms with E-state index in [0.29, 0.717) is 12.1 Å². The number of rotatable bonds is 3. The van der Waals surface area contributed by atoms with Gasteiger partial charge in [-0.05, 0) is 67.9 Å². The van der Waals surface area contributed by atoms with Gasteiger partial charge < -0.3 is 10.3 Å². The Balaban J connectivity index is 1.36. The first-order valence-electron chi connectivity index (χ1n) is 9.18. The van der Waals surface area contributed by atoms with E-state index in [-0.39, 0.29) is 0 Å². The highest BCUT2D eigenvalue weighted by Crippen LogP contribution is 2.33. The zero-order valence-electron chi connectivity index (χ0n) is 14.4. The lowest BCUT2D eigenvalue weighted by molar-refractivity contribution is 0.0455. The summed E-state index contributed by atoms with van der Waals surface area (Å²) in [5.74, 6) is 1.50. The van der Waals surface area contributed by atoms with Crippen molar-refractivity contribution in [2.24, 2.45) is 5.92 Å². The number of fused-ring (bicyclic) bond motifs is 4. The smallest absolute Gasteiger partial charge is 0.222 e. The summed E-state index contributed by atoms with van der Waals surface area (Å²) >= 11 is 0. The summed E-state index contributed by atoms with van der Waals surface area (Å²) in [6.45, 7) is 4.81. The van der Waals surface area contributed by atoms with Crippen LogP contribution in [0, 0.1) is 5.92 Å². The SMILES string of the molecule is CC1C(Nc2ncc(-c3ccc4[nH]ccc4c3)cn2)C2CCN1CC2. The Kier molecular flexibility index (Phi) is 3.48. The number of benzene rings is 1. The van der Waals surface area contributed by atoms with Gasteiger partial charge in [-0.25, -0.2) is 9.97 Å². The number of aromatic amines is 1. The fraction of sp³-hybridized carbons (Fsp3) is 0.400. The first-order chi connectivity index (χ1) is 12.3. The summed E-state index contributed by atoms with van der Waals surface area (Å²) in [5, 5.41) is 4.81.